The Balaban J connectivity index is 2.08. The first-order valence-electron chi connectivity index (χ1n) is 8.03. The third-order valence-corrected chi connectivity index (χ3v) is 5.04. The second-order valence-corrected chi connectivity index (χ2v) is 7.62. The minimum atomic E-state index is -4.43. The molecule has 30 heavy (non-hydrogen) atoms. The maximum atomic E-state index is 12.8. The number of hydrogen-bond acceptors (Lipinski definition) is 10. The lowest BCUT2D eigenvalue weighted by Crippen LogP contribution is -2.17. The Hall–Kier alpha value is -3.52. The molecule has 15 heteroatoms. The molecule has 0 amide bonds. The van der Waals surface area contributed by atoms with Crippen LogP contribution in [0.2, 0.25) is 5.15 Å². The fraction of sp³-hybridized carbons (Fsp3) is 0.200. The van der Waals surface area contributed by atoms with Gasteiger partial charge in [0.25, 0.3) is 26.8 Å². The molecule has 0 fully saturated rings. The van der Waals surface area contributed by atoms with Crippen LogP contribution >= 0.6 is 11.6 Å². The van der Waals surface area contributed by atoms with E-state index in [2.05, 4.69) is 24.8 Å². The summed E-state index contributed by atoms with van der Waals surface area (Å²) in [4.78, 5) is 22.3. The quantitative estimate of drug-likeness (QED) is 0.315. The highest BCUT2D eigenvalue weighted by Gasteiger charge is 2.28. The van der Waals surface area contributed by atoms with Crippen molar-refractivity contribution < 1.29 is 22.8 Å². The van der Waals surface area contributed by atoms with Crippen molar-refractivity contribution in [3.05, 3.63) is 45.1 Å². The van der Waals surface area contributed by atoms with E-state index in [1.54, 1.807) is 0 Å². The van der Waals surface area contributed by atoms with Gasteiger partial charge in [0, 0.05) is 12.1 Å². The molecule has 0 saturated heterocycles. The lowest BCUT2D eigenvalue weighted by atomic mass is 10.2. The molecule has 0 unspecified atom stereocenters. The van der Waals surface area contributed by atoms with E-state index in [9.17, 15) is 18.5 Å². The highest BCUT2D eigenvalue weighted by molar-refractivity contribution is 7.92. The first-order chi connectivity index (χ1) is 14.2. The Morgan fingerprint density at radius 2 is 1.93 bits per heavy atom. The summed E-state index contributed by atoms with van der Waals surface area (Å²) in [7, 11) is -1.84. The average Bonchev–Trinajstić information content (AvgIpc) is 3.14. The number of benzene rings is 1. The number of hydrogen-bond donors (Lipinski definition) is 1. The van der Waals surface area contributed by atoms with E-state index in [1.165, 1.54) is 45.4 Å². The normalized spacial score (nSPS) is 11.2. The molecule has 0 saturated carbocycles. The first-order valence-corrected chi connectivity index (χ1v) is 9.89. The fourth-order valence-corrected chi connectivity index (χ4v) is 3.54. The molecular formula is C15H14ClN7O6S. The van der Waals surface area contributed by atoms with Gasteiger partial charge in [-0.3, -0.25) is 14.8 Å². The summed E-state index contributed by atoms with van der Waals surface area (Å²) in [5.41, 5.74) is -0.298. The minimum absolute atomic E-state index is 0.00692. The Bertz CT molecular complexity index is 1230. The topological polar surface area (TPSA) is 164 Å². The molecule has 0 aliphatic carbocycles. The van der Waals surface area contributed by atoms with Gasteiger partial charge in [0.2, 0.25) is 5.88 Å². The van der Waals surface area contributed by atoms with Crippen LogP contribution in [-0.2, 0) is 10.0 Å². The largest absolute Gasteiger partial charge is 0.481 e. The van der Waals surface area contributed by atoms with Gasteiger partial charge < -0.3 is 9.47 Å². The van der Waals surface area contributed by atoms with Crippen LogP contribution < -0.4 is 14.2 Å². The van der Waals surface area contributed by atoms with Crippen molar-refractivity contribution in [1.82, 2.24) is 24.7 Å². The zero-order valence-corrected chi connectivity index (χ0v) is 17.3. The molecule has 0 atom stereocenters. The molecule has 0 bridgehead atoms. The van der Waals surface area contributed by atoms with Crippen molar-refractivity contribution in [1.29, 1.82) is 0 Å². The standard InChI is InChI=1S/C15H14ClN7O6S/c1-8-5-4-6-9(23(24)25)12(8)21-30(26,27)14-19-15(29-3)22(20-14)13-17-10(16)7-11(18-13)28-2/h4-7,21H,1-3H3. The van der Waals surface area contributed by atoms with Crippen LogP contribution in [-0.4, -0.2) is 52.3 Å². The summed E-state index contributed by atoms with van der Waals surface area (Å²) in [5, 5.41) is 14.4. The van der Waals surface area contributed by atoms with Crippen LogP contribution in [0.5, 0.6) is 11.9 Å². The predicted molar refractivity (Wildman–Crippen MR) is 104 cm³/mol. The van der Waals surface area contributed by atoms with Gasteiger partial charge in [-0.25, -0.2) is 0 Å². The Morgan fingerprint density at radius 3 is 2.57 bits per heavy atom. The lowest BCUT2D eigenvalue weighted by molar-refractivity contribution is -0.383. The van der Waals surface area contributed by atoms with Crippen LogP contribution in [0.3, 0.4) is 0 Å². The lowest BCUT2D eigenvalue weighted by Gasteiger charge is -2.08. The highest BCUT2D eigenvalue weighted by atomic mass is 35.5. The van der Waals surface area contributed by atoms with Gasteiger partial charge in [0.15, 0.2) is 0 Å². The molecule has 0 aliphatic rings. The van der Waals surface area contributed by atoms with E-state index in [0.717, 1.165) is 4.68 Å². The molecule has 0 spiro atoms. The predicted octanol–water partition coefficient (Wildman–Crippen LogP) is 1.75. The molecular weight excluding hydrogens is 442 g/mol. The van der Waals surface area contributed by atoms with Gasteiger partial charge >= 0.3 is 6.01 Å². The number of rotatable bonds is 7. The van der Waals surface area contributed by atoms with Crippen molar-refractivity contribution in [2.45, 2.75) is 12.1 Å². The molecule has 1 aromatic carbocycles. The number of aromatic nitrogens is 5. The van der Waals surface area contributed by atoms with E-state index >= 15 is 0 Å². The van der Waals surface area contributed by atoms with Crippen LogP contribution in [0.1, 0.15) is 5.56 Å². The minimum Gasteiger partial charge on any atom is -0.481 e. The second kappa shape index (κ2) is 8.08. The Labute approximate surface area is 174 Å². The van der Waals surface area contributed by atoms with E-state index in [0.29, 0.717) is 5.56 Å². The molecule has 0 radical (unpaired) electrons. The summed E-state index contributed by atoms with van der Waals surface area (Å²) >= 11 is 5.91. The molecule has 3 aromatic rings. The Kier molecular flexibility index (Phi) is 5.71. The summed E-state index contributed by atoms with van der Waals surface area (Å²) in [6.07, 6.45) is 0. The third kappa shape index (κ3) is 4.08. The van der Waals surface area contributed by atoms with Gasteiger partial charge in [-0.15, -0.1) is 9.78 Å². The molecule has 158 valence electrons. The maximum Gasteiger partial charge on any atom is 0.323 e. The molecule has 3 rings (SSSR count). The van der Waals surface area contributed by atoms with E-state index in [-0.39, 0.29) is 28.7 Å². The van der Waals surface area contributed by atoms with Crippen LogP contribution in [0.15, 0.2) is 29.4 Å². The molecule has 2 heterocycles. The van der Waals surface area contributed by atoms with Gasteiger partial charge in [-0.05, 0) is 12.5 Å². The number of anilines is 1. The number of nitrogens with one attached hydrogen (secondary N) is 1. The third-order valence-electron chi connectivity index (χ3n) is 3.72. The van der Waals surface area contributed by atoms with Crippen molar-refractivity contribution >= 4 is 33.0 Å². The zero-order chi connectivity index (χ0) is 22.1. The van der Waals surface area contributed by atoms with E-state index in [1.807, 2.05) is 0 Å². The summed E-state index contributed by atoms with van der Waals surface area (Å²) in [6.45, 7) is 1.52. The van der Waals surface area contributed by atoms with Crippen molar-refractivity contribution in [3.8, 4) is 17.8 Å². The molecule has 2 aromatic heterocycles. The van der Waals surface area contributed by atoms with Crippen molar-refractivity contribution in [2.24, 2.45) is 0 Å². The monoisotopic (exact) mass is 455 g/mol. The number of aryl methyl sites for hydroxylation is 1. The second-order valence-electron chi connectivity index (χ2n) is 5.66. The number of methoxy groups -OCH3 is 2. The smallest absolute Gasteiger partial charge is 0.323 e. The van der Waals surface area contributed by atoms with E-state index in [4.69, 9.17) is 21.1 Å². The number of nitrogens with zero attached hydrogens (tertiary/aromatic N) is 6. The van der Waals surface area contributed by atoms with Gasteiger partial charge in [-0.2, -0.15) is 23.4 Å². The van der Waals surface area contributed by atoms with E-state index < -0.39 is 25.8 Å². The summed E-state index contributed by atoms with van der Waals surface area (Å²) in [5.74, 6) is -0.0624. The highest BCUT2D eigenvalue weighted by Crippen LogP contribution is 2.30. The number of halogens is 1. The first kappa shape index (κ1) is 21.2. The van der Waals surface area contributed by atoms with Crippen molar-refractivity contribution in [2.75, 3.05) is 18.9 Å². The Morgan fingerprint density at radius 1 is 1.20 bits per heavy atom. The van der Waals surface area contributed by atoms with Gasteiger partial charge in [0.1, 0.15) is 10.8 Å². The van der Waals surface area contributed by atoms with Crippen LogP contribution in [0.25, 0.3) is 5.95 Å². The van der Waals surface area contributed by atoms with Crippen LogP contribution in [0.4, 0.5) is 11.4 Å². The molecule has 13 nitrogen and oxygen atoms in total. The summed E-state index contributed by atoms with van der Waals surface area (Å²) in [6, 6.07) is 5.20. The van der Waals surface area contributed by atoms with Crippen LogP contribution in [0, 0.1) is 17.0 Å². The molecule has 1 N–H and O–H groups in total. The number of nitro benzene ring substituents is 1. The van der Waals surface area contributed by atoms with Gasteiger partial charge in [-0.1, -0.05) is 23.7 Å². The van der Waals surface area contributed by atoms with Crippen molar-refractivity contribution in [3.63, 3.8) is 0 Å². The molecule has 0 aliphatic heterocycles. The fourth-order valence-electron chi connectivity index (χ4n) is 2.36. The number of sulfonamides is 1. The number of para-hydroxylation sites is 1. The maximum absolute atomic E-state index is 12.8. The number of nitro groups is 1. The zero-order valence-electron chi connectivity index (χ0n) is 15.7. The number of ether oxygens (including phenoxy) is 2. The summed E-state index contributed by atoms with van der Waals surface area (Å²) < 4.78 is 38.7. The average molecular weight is 456 g/mol. The SMILES string of the molecule is COc1cc(Cl)nc(-n2nc(S(=O)(=O)Nc3c(C)cccc3[N+](=O)[O-])nc2OC)n1. The van der Waals surface area contributed by atoms with Gasteiger partial charge in [0.05, 0.1) is 19.1 Å².